The number of carbonyl (C=O) groups excluding carboxylic acids is 3. The molecule has 2 heterocycles. The molecule has 0 aliphatic carbocycles. The number of likely N-dealkylation sites (tertiary alicyclic amines) is 1. The van der Waals surface area contributed by atoms with Gasteiger partial charge in [-0.1, -0.05) is 12.1 Å². The summed E-state index contributed by atoms with van der Waals surface area (Å²) in [5, 5.41) is 2.70. The van der Waals surface area contributed by atoms with Crippen molar-refractivity contribution in [2.45, 2.75) is 19.8 Å². The second-order valence-corrected chi connectivity index (χ2v) is 6.43. The van der Waals surface area contributed by atoms with E-state index >= 15 is 0 Å². The third-order valence-electron chi connectivity index (χ3n) is 4.58. The van der Waals surface area contributed by atoms with Crippen LogP contribution in [0.2, 0.25) is 0 Å². The van der Waals surface area contributed by atoms with Gasteiger partial charge in [0.15, 0.2) is 0 Å². The zero-order valence-corrected chi connectivity index (χ0v) is 15.1. The minimum absolute atomic E-state index is 0.160. The number of nitrogens with one attached hydrogen (secondary N) is 1. The number of imide groups is 1. The molecular weight excluding hydrogens is 334 g/mol. The molecule has 26 heavy (non-hydrogen) atoms. The van der Waals surface area contributed by atoms with E-state index in [9.17, 15) is 14.4 Å². The number of amides is 3. The highest BCUT2D eigenvalue weighted by molar-refractivity contribution is 6.35. The van der Waals surface area contributed by atoms with Crippen LogP contribution in [0, 0.1) is 0 Å². The summed E-state index contributed by atoms with van der Waals surface area (Å²) < 4.78 is 5.04. The highest BCUT2D eigenvalue weighted by Gasteiger charge is 2.41. The Morgan fingerprint density at radius 3 is 2.35 bits per heavy atom. The fourth-order valence-electron chi connectivity index (χ4n) is 3.37. The molecule has 7 nitrogen and oxygen atoms in total. The Balaban J connectivity index is 1.97. The van der Waals surface area contributed by atoms with Gasteiger partial charge in [0.25, 0.3) is 11.8 Å². The second-order valence-electron chi connectivity index (χ2n) is 6.43. The molecule has 0 radical (unpaired) electrons. The molecule has 7 heteroatoms. The van der Waals surface area contributed by atoms with Gasteiger partial charge in [-0.15, -0.1) is 0 Å². The zero-order valence-electron chi connectivity index (χ0n) is 15.1. The third-order valence-corrected chi connectivity index (χ3v) is 4.58. The van der Waals surface area contributed by atoms with Crippen LogP contribution in [0.1, 0.15) is 25.3 Å². The molecule has 1 aromatic carbocycles. The van der Waals surface area contributed by atoms with Gasteiger partial charge >= 0.3 is 0 Å². The molecule has 3 rings (SSSR count). The van der Waals surface area contributed by atoms with Crippen LogP contribution in [0.15, 0.2) is 30.0 Å². The summed E-state index contributed by atoms with van der Waals surface area (Å²) in [6, 6.07) is 7.01. The fourth-order valence-corrected chi connectivity index (χ4v) is 3.37. The molecule has 1 N–H and O–H groups in total. The Hall–Kier alpha value is -2.67. The number of hydrogen-bond acceptors (Lipinski definition) is 5. The molecular formula is C19H23N3O4. The first-order valence-corrected chi connectivity index (χ1v) is 8.75. The van der Waals surface area contributed by atoms with Crippen molar-refractivity contribution in [1.82, 2.24) is 9.80 Å². The van der Waals surface area contributed by atoms with Crippen LogP contribution in [0.3, 0.4) is 0 Å². The van der Waals surface area contributed by atoms with Crippen LogP contribution in [0.4, 0.5) is 5.69 Å². The van der Waals surface area contributed by atoms with E-state index in [2.05, 4.69) is 5.32 Å². The maximum atomic E-state index is 12.9. The standard InChI is InChI=1S/C19H23N3O4/c1-13(23)20-15-7-5-14(6-8-15)16-17(21-9-3-4-10-21)19(25)22(18(16)24)11-12-26-2/h5-8H,3-4,9-12H2,1-2H3,(H,20,23). The summed E-state index contributed by atoms with van der Waals surface area (Å²) in [5.41, 5.74) is 2.25. The molecule has 1 saturated heterocycles. The highest BCUT2D eigenvalue weighted by Crippen LogP contribution is 2.33. The van der Waals surface area contributed by atoms with E-state index < -0.39 is 0 Å². The van der Waals surface area contributed by atoms with Crippen molar-refractivity contribution in [3.63, 3.8) is 0 Å². The van der Waals surface area contributed by atoms with Crippen molar-refractivity contribution in [3.8, 4) is 0 Å². The maximum absolute atomic E-state index is 12.9. The SMILES string of the molecule is COCCN1C(=O)C(c2ccc(NC(C)=O)cc2)=C(N2CCCC2)C1=O. The second kappa shape index (κ2) is 7.70. The molecule has 0 spiro atoms. The van der Waals surface area contributed by atoms with E-state index in [1.807, 2.05) is 4.90 Å². The van der Waals surface area contributed by atoms with Crippen molar-refractivity contribution in [2.75, 3.05) is 38.7 Å². The predicted octanol–water partition coefficient (Wildman–Crippen LogP) is 1.47. The number of anilines is 1. The summed E-state index contributed by atoms with van der Waals surface area (Å²) in [6.07, 6.45) is 2.02. The Morgan fingerprint density at radius 2 is 1.77 bits per heavy atom. The summed E-state index contributed by atoms with van der Waals surface area (Å²) in [5.74, 6) is -0.705. The average molecular weight is 357 g/mol. The quantitative estimate of drug-likeness (QED) is 0.780. The Bertz CT molecular complexity index is 749. The Labute approximate surface area is 152 Å². The molecule has 1 aromatic rings. The van der Waals surface area contributed by atoms with Gasteiger partial charge in [-0.25, -0.2) is 0 Å². The normalized spacial score (nSPS) is 17.5. The average Bonchev–Trinajstić information content (AvgIpc) is 3.21. The number of ether oxygens (including phenoxy) is 1. The van der Waals surface area contributed by atoms with Gasteiger partial charge in [0, 0.05) is 32.8 Å². The monoisotopic (exact) mass is 357 g/mol. The lowest BCUT2D eigenvalue weighted by Crippen LogP contribution is -2.36. The molecule has 3 amide bonds. The van der Waals surface area contributed by atoms with Gasteiger partial charge in [-0.05, 0) is 30.5 Å². The van der Waals surface area contributed by atoms with Crippen LogP contribution >= 0.6 is 0 Å². The number of nitrogens with zero attached hydrogens (tertiary/aromatic N) is 2. The van der Waals surface area contributed by atoms with E-state index in [0.717, 1.165) is 25.9 Å². The third kappa shape index (κ3) is 3.48. The van der Waals surface area contributed by atoms with Crippen molar-refractivity contribution in [3.05, 3.63) is 35.5 Å². The molecule has 2 aliphatic heterocycles. The Morgan fingerprint density at radius 1 is 1.12 bits per heavy atom. The molecule has 0 saturated carbocycles. The Kier molecular flexibility index (Phi) is 5.37. The first-order chi connectivity index (χ1) is 12.5. The van der Waals surface area contributed by atoms with Crippen LogP contribution in [-0.4, -0.2) is 60.9 Å². The van der Waals surface area contributed by atoms with Gasteiger partial charge in [0.1, 0.15) is 5.70 Å². The largest absolute Gasteiger partial charge is 0.383 e. The molecule has 1 fully saturated rings. The first kappa shape index (κ1) is 18.1. The molecule has 2 aliphatic rings. The lowest BCUT2D eigenvalue weighted by Gasteiger charge is -2.20. The number of benzene rings is 1. The molecule has 0 aromatic heterocycles. The van der Waals surface area contributed by atoms with Crippen molar-refractivity contribution < 1.29 is 19.1 Å². The van der Waals surface area contributed by atoms with Crippen molar-refractivity contribution in [1.29, 1.82) is 0 Å². The molecule has 0 unspecified atom stereocenters. The zero-order chi connectivity index (χ0) is 18.7. The predicted molar refractivity (Wildman–Crippen MR) is 97.1 cm³/mol. The number of methoxy groups -OCH3 is 1. The van der Waals surface area contributed by atoms with Crippen LogP contribution < -0.4 is 5.32 Å². The minimum atomic E-state index is -0.291. The molecule has 0 bridgehead atoms. The minimum Gasteiger partial charge on any atom is -0.383 e. The van der Waals surface area contributed by atoms with Gasteiger partial charge in [-0.3, -0.25) is 19.3 Å². The van der Waals surface area contributed by atoms with Gasteiger partial charge in [0.2, 0.25) is 5.91 Å². The molecule has 0 atom stereocenters. The maximum Gasteiger partial charge on any atom is 0.277 e. The van der Waals surface area contributed by atoms with Crippen molar-refractivity contribution >= 4 is 29.0 Å². The summed E-state index contributed by atoms with van der Waals surface area (Å²) in [6.45, 7) is 3.53. The fraction of sp³-hybridized carbons (Fsp3) is 0.421. The van der Waals surface area contributed by atoms with Crippen LogP contribution in [0.5, 0.6) is 0 Å². The van der Waals surface area contributed by atoms with Crippen LogP contribution in [0.25, 0.3) is 5.57 Å². The van der Waals surface area contributed by atoms with E-state index in [0.29, 0.717) is 29.1 Å². The summed E-state index contributed by atoms with van der Waals surface area (Å²) in [7, 11) is 1.54. The summed E-state index contributed by atoms with van der Waals surface area (Å²) >= 11 is 0. The smallest absolute Gasteiger partial charge is 0.277 e. The topological polar surface area (TPSA) is 79.0 Å². The first-order valence-electron chi connectivity index (χ1n) is 8.75. The van der Waals surface area contributed by atoms with E-state index in [1.54, 1.807) is 31.4 Å². The van der Waals surface area contributed by atoms with Crippen molar-refractivity contribution in [2.24, 2.45) is 0 Å². The lowest BCUT2D eigenvalue weighted by atomic mass is 10.0. The number of hydrogen-bond donors (Lipinski definition) is 1. The van der Waals surface area contributed by atoms with Gasteiger partial charge in [-0.2, -0.15) is 0 Å². The van der Waals surface area contributed by atoms with E-state index in [4.69, 9.17) is 4.74 Å². The number of carbonyl (C=O) groups is 3. The highest BCUT2D eigenvalue weighted by atomic mass is 16.5. The molecule has 138 valence electrons. The number of rotatable bonds is 6. The summed E-state index contributed by atoms with van der Waals surface area (Å²) in [4.78, 5) is 40.3. The van der Waals surface area contributed by atoms with Gasteiger partial charge in [0.05, 0.1) is 18.7 Å². The lowest BCUT2D eigenvalue weighted by molar-refractivity contribution is -0.138. The van der Waals surface area contributed by atoms with Crippen LogP contribution in [-0.2, 0) is 19.1 Å². The van der Waals surface area contributed by atoms with Gasteiger partial charge < -0.3 is 15.0 Å². The van der Waals surface area contributed by atoms with E-state index in [-0.39, 0.29) is 24.3 Å². The van der Waals surface area contributed by atoms with E-state index in [1.165, 1.54) is 11.8 Å².